The fourth-order valence-electron chi connectivity index (χ4n) is 4.62. The van der Waals surface area contributed by atoms with Gasteiger partial charge in [0.2, 0.25) is 5.91 Å². The van der Waals surface area contributed by atoms with Crippen molar-refractivity contribution in [3.63, 3.8) is 0 Å². The second-order valence-corrected chi connectivity index (χ2v) is 9.00. The normalized spacial score (nSPS) is 23.0. The Kier molecular flexibility index (Phi) is 5.53. The molecule has 1 saturated carbocycles. The Hall–Kier alpha value is -3.03. The first-order chi connectivity index (χ1) is 15.2. The summed E-state index contributed by atoms with van der Waals surface area (Å²) in [4.78, 5) is 29.3. The van der Waals surface area contributed by atoms with Crippen LogP contribution < -0.4 is 16.2 Å². The Labute approximate surface area is 185 Å². The largest absolute Gasteiger partial charge is 0.321 e. The number of hydrogen-bond donors (Lipinski definition) is 3. The van der Waals surface area contributed by atoms with Crippen molar-refractivity contribution < 1.29 is 9.59 Å². The Bertz CT molecular complexity index is 1080. The van der Waals surface area contributed by atoms with Crippen molar-refractivity contribution in [1.29, 1.82) is 0 Å². The number of nitrogens with one attached hydrogen (secondary N) is 3. The summed E-state index contributed by atoms with van der Waals surface area (Å²) >= 11 is 1.46. The predicted molar refractivity (Wildman–Crippen MR) is 121 cm³/mol. The molecule has 3 atom stereocenters. The number of hydrogen-bond acceptors (Lipinski definition) is 5. The van der Waals surface area contributed by atoms with Crippen molar-refractivity contribution in [2.45, 2.75) is 31.7 Å². The third-order valence-corrected chi connectivity index (χ3v) is 7.11. The van der Waals surface area contributed by atoms with Crippen molar-refractivity contribution in [2.24, 2.45) is 11.8 Å². The van der Waals surface area contributed by atoms with E-state index in [2.05, 4.69) is 21.2 Å². The SMILES string of the molecule is O=C(Nc1ccc(C2NNC(=O)C3CCCCC32)cc1)c1csc(-c2ccccc2)n1. The molecule has 3 aromatic rings. The van der Waals surface area contributed by atoms with Crippen molar-refractivity contribution >= 4 is 28.8 Å². The number of carbonyl (C=O) groups is 2. The number of amides is 2. The van der Waals surface area contributed by atoms with E-state index in [0.717, 1.165) is 41.1 Å². The number of anilines is 1. The summed E-state index contributed by atoms with van der Waals surface area (Å²) in [5.74, 6) is 0.293. The van der Waals surface area contributed by atoms with Crippen molar-refractivity contribution in [2.75, 3.05) is 5.32 Å². The van der Waals surface area contributed by atoms with E-state index in [0.29, 0.717) is 11.6 Å². The molecule has 31 heavy (non-hydrogen) atoms. The average molecular weight is 433 g/mol. The second kappa shape index (κ2) is 8.61. The first-order valence-corrected chi connectivity index (χ1v) is 11.5. The molecule has 3 N–H and O–H groups in total. The first-order valence-electron chi connectivity index (χ1n) is 10.7. The summed E-state index contributed by atoms with van der Waals surface area (Å²) in [6.07, 6.45) is 4.30. The highest BCUT2D eigenvalue weighted by molar-refractivity contribution is 7.13. The van der Waals surface area contributed by atoms with E-state index in [9.17, 15) is 9.59 Å². The van der Waals surface area contributed by atoms with E-state index in [4.69, 9.17) is 0 Å². The second-order valence-electron chi connectivity index (χ2n) is 8.15. The van der Waals surface area contributed by atoms with Crippen LogP contribution in [0, 0.1) is 11.8 Å². The van der Waals surface area contributed by atoms with E-state index in [-0.39, 0.29) is 23.8 Å². The maximum atomic E-state index is 12.6. The molecule has 3 unspecified atom stereocenters. The fraction of sp³-hybridized carbons (Fsp3) is 0.292. The summed E-state index contributed by atoms with van der Waals surface area (Å²) in [6, 6.07) is 17.8. The molecular weight excluding hydrogens is 408 g/mol. The summed E-state index contributed by atoms with van der Waals surface area (Å²) in [6.45, 7) is 0. The zero-order valence-corrected chi connectivity index (χ0v) is 17.8. The maximum absolute atomic E-state index is 12.6. The Morgan fingerprint density at radius 3 is 2.61 bits per heavy atom. The molecule has 2 fully saturated rings. The molecule has 2 heterocycles. The van der Waals surface area contributed by atoms with E-state index in [1.165, 1.54) is 17.8 Å². The van der Waals surface area contributed by atoms with Gasteiger partial charge in [0.1, 0.15) is 10.7 Å². The minimum Gasteiger partial charge on any atom is -0.321 e. The number of rotatable bonds is 4. The molecular formula is C24H24N4O2S. The summed E-state index contributed by atoms with van der Waals surface area (Å²) in [5, 5.41) is 5.54. The fourth-order valence-corrected chi connectivity index (χ4v) is 5.43. The summed E-state index contributed by atoms with van der Waals surface area (Å²) in [5.41, 5.74) is 9.30. The molecule has 6 nitrogen and oxygen atoms in total. The van der Waals surface area contributed by atoms with Crippen molar-refractivity contribution in [3.05, 3.63) is 71.2 Å². The highest BCUT2D eigenvalue weighted by atomic mass is 32.1. The lowest BCUT2D eigenvalue weighted by atomic mass is 9.72. The highest BCUT2D eigenvalue weighted by Gasteiger charge is 2.40. The number of carbonyl (C=O) groups excluding carboxylic acids is 2. The molecule has 158 valence electrons. The molecule has 2 aromatic carbocycles. The number of benzene rings is 2. The van der Waals surface area contributed by atoms with Gasteiger partial charge in [0.05, 0.1) is 6.04 Å². The monoisotopic (exact) mass is 432 g/mol. The topological polar surface area (TPSA) is 83.1 Å². The third kappa shape index (κ3) is 4.11. The molecule has 7 heteroatoms. The van der Waals surface area contributed by atoms with E-state index in [1.54, 1.807) is 5.38 Å². The van der Waals surface area contributed by atoms with Crippen LogP contribution in [0.25, 0.3) is 10.6 Å². The van der Waals surface area contributed by atoms with Crippen LogP contribution in [-0.2, 0) is 4.79 Å². The van der Waals surface area contributed by atoms with Crippen LogP contribution in [0.1, 0.15) is 47.8 Å². The van der Waals surface area contributed by atoms with Crippen LogP contribution in [0.3, 0.4) is 0 Å². The molecule has 5 rings (SSSR count). The lowest BCUT2D eigenvalue weighted by Gasteiger charge is -2.41. The molecule has 1 aromatic heterocycles. The Morgan fingerprint density at radius 1 is 1.03 bits per heavy atom. The number of hydrazine groups is 1. The molecule has 1 aliphatic heterocycles. The number of thiazole rings is 1. The lowest BCUT2D eigenvalue weighted by molar-refractivity contribution is -0.133. The van der Waals surface area contributed by atoms with Gasteiger partial charge in [-0.15, -0.1) is 11.3 Å². The average Bonchev–Trinajstić information content (AvgIpc) is 3.32. The van der Waals surface area contributed by atoms with Crippen LogP contribution in [0.5, 0.6) is 0 Å². The molecule has 0 radical (unpaired) electrons. The quantitative estimate of drug-likeness (QED) is 0.565. The standard InChI is InChI=1S/C24H24N4O2S/c29-22-19-9-5-4-8-18(19)21(27-28-22)15-10-12-17(13-11-15)25-23(30)20-14-31-24(26-20)16-6-2-1-3-7-16/h1-3,6-7,10-14,18-19,21,27H,4-5,8-9H2,(H,25,30)(H,28,29). The molecule has 0 spiro atoms. The van der Waals surface area contributed by atoms with Gasteiger partial charge in [0, 0.05) is 22.5 Å². The lowest BCUT2D eigenvalue weighted by Crippen LogP contribution is -2.55. The van der Waals surface area contributed by atoms with Crippen LogP contribution >= 0.6 is 11.3 Å². The Morgan fingerprint density at radius 2 is 1.81 bits per heavy atom. The van der Waals surface area contributed by atoms with Crippen LogP contribution in [0.15, 0.2) is 60.0 Å². The highest BCUT2D eigenvalue weighted by Crippen LogP contribution is 2.40. The van der Waals surface area contributed by atoms with Crippen LogP contribution in [-0.4, -0.2) is 16.8 Å². The minimum atomic E-state index is -0.221. The van der Waals surface area contributed by atoms with Crippen molar-refractivity contribution in [1.82, 2.24) is 15.8 Å². The number of aromatic nitrogens is 1. The molecule has 2 aliphatic rings. The summed E-state index contributed by atoms with van der Waals surface area (Å²) < 4.78 is 0. The number of nitrogens with zero attached hydrogens (tertiary/aromatic N) is 1. The molecule has 0 bridgehead atoms. The number of fused-ring (bicyclic) bond motifs is 1. The Balaban J connectivity index is 1.27. The van der Waals surface area contributed by atoms with Gasteiger partial charge in [-0.2, -0.15) is 0 Å². The minimum absolute atomic E-state index is 0.0860. The van der Waals surface area contributed by atoms with E-state index >= 15 is 0 Å². The van der Waals surface area contributed by atoms with Crippen molar-refractivity contribution in [3.8, 4) is 10.6 Å². The molecule has 1 saturated heterocycles. The van der Waals surface area contributed by atoms with E-state index < -0.39 is 0 Å². The van der Waals surface area contributed by atoms with Gasteiger partial charge < -0.3 is 5.32 Å². The van der Waals surface area contributed by atoms with Gasteiger partial charge in [-0.05, 0) is 36.5 Å². The van der Waals surface area contributed by atoms with Gasteiger partial charge in [0.25, 0.3) is 5.91 Å². The maximum Gasteiger partial charge on any atom is 0.275 e. The van der Waals surface area contributed by atoms with E-state index in [1.807, 2.05) is 54.6 Å². The molecule has 1 aliphatic carbocycles. The first kappa shape index (κ1) is 19.9. The van der Waals surface area contributed by atoms with Crippen LogP contribution in [0.2, 0.25) is 0 Å². The summed E-state index contributed by atoms with van der Waals surface area (Å²) in [7, 11) is 0. The van der Waals surface area contributed by atoms with Gasteiger partial charge >= 0.3 is 0 Å². The van der Waals surface area contributed by atoms with Crippen LogP contribution in [0.4, 0.5) is 5.69 Å². The zero-order valence-electron chi connectivity index (χ0n) is 17.0. The predicted octanol–water partition coefficient (Wildman–Crippen LogP) is 4.54. The smallest absolute Gasteiger partial charge is 0.275 e. The van der Waals surface area contributed by atoms with Gasteiger partial charge in [0.15, 0.2) is 0 Å². The van der Waals surface area contributed by atoms with Gasteiger partial charge in [-0.3, -0.25) is 15.0 Å². The zero-order chi connectivity index (χ0) is 21.2. The molecule has 2 amide bonds. The van der Waals surface area contributed by atoms with Gasteiger partial charge in [-0.1, -0.05) is 55.3 Å². The third-order valence-electron chi connectivity index (χ3n) is 6.22. The van der Waals surface area contributed by atoms with Gasteiger partial charge in [-0.25, -0.2) is 10.4 Å².